The van der Waals surface area contributed by atoms with E-state index in [9.17, 15) is 8.42 Å². The smallest absolute Gasteiger partial charge is 0.261 e. The van der Waals surface area contributed by atoms with Crippen LogP contribution in [-0.2, 0) is 10.0 Å². The molecule has 2 aromatic carbocycles. The van der Waals surface area contributed by atoms with Gasteiger partial charge in [0.15, 0.2) is 0 Å². The van der Waals surface area contributed by atoms with Crippen LogP contribution in [0.3, 0.4) is 0 Å². The van der Waals surface area contributed by atoms with E-state index in [2.05, 4.69) is 20.2 Å². The Morgan fingerprint density at radius 3 is 2.67 bits per heavy atom. The monoisotopic (exact) mass is 345 g/mol. The third kappa shape index (κ3) is 3.20. The minimum atomic E-state index is -3.71. The van der Waals surface area contributed by atoms with Crippen molar-refractivity contribution in [1.82, 2.24) is 20.2 Å². The first-order valence-electron chi connectivity index (χ1n) is 7.00. The van der Waals surface area contributed by atoms with E-state index in [-0.39, 0.29) is 4.90 Å². The predicted molar refractivity (Wildman–Crippen MR) is 87.7 cm³/mol. The van der Waals surface area contributed by atoms with Crippen molar-refractivity contribution in [2.24, 2.45) is 0 Å². The Labute approximate surface area is 139 Å². The van der Waals surface area contributed by atoms with E-state index in [1.165, 1.54) is 17.1 Å². The number of sulfonamides is 1. The maximum Gasteiger partial charge on any atom is 0.261 e. The summed E-state index contributed by atoms with van der Waals surface area (Å²) in [4.78, 5) is 0.161. The van der Waals surface area contributed by atoms with E-state index in [0.717, 1.165) is 5.56 Å². The summed E-state index contributed by atoms with van der Waals surface area (Å²) in [5.74, 6) is 0.634. The summed E-state index contributed by atoms with van der Waals surface area (Å²) in [7, 11) is -2.17. The Bertz CT molecular complexity index is 955. The number of methoxy groups -OCH3 is 1. The third-order valence-electron chi connectivity index (χ3n) is 3.39. The molecule has 1 heterocycles. The zero-order chi connectivity index (χ0) is 17.2. The van der Waals surface area contributed by atoms with Crippen molar-refractivity contribution in [3.05, 3.63) is 54.4 Å². The van der Waals surface area contributed by atoms with Crippen LogP contribution >= 0.6 is 0 Å². The van der Waals surface area contributed by atoms with Gasteiger partial charge in [-0.2, -0.15) is 0 Å². The number of nitrogens with zero attached hydrogens (tertiary/aromatic N) is 4. The lowest BCUT2D eigenvalue weighted by Crippen LogP contribution is -2.13. The van der Waals surface area contributed by atoms with Gasteiger partial charge in [0.2, 0.25) is 0 Å². The number of ether oxygens (including phenoxy) is 1. The average Bonchev–Trinajstić information content (AvgIpc) is 3.09. The first kappa shape index (κ1) is 15.9. The van der Waals surface area contributed by atoms with Crippen LogP contribution in [0.2, 0.25) is 0 Å². The molecule has 0 fully saturated rings. The number of hydrogen-bond acceptors (Lipinski definition) is 6. The molecule has 0 aliphatic carbocycles. The second-order valence-electron chi connectivity index (χ2n) is 5.04. The lowest BCUT2D eigenvalue weighted by molar-refractivity contribution is 0.411. The fourth-order valence-electron chi connectivity index (χ4n) is 2.22. The summed E-state index contributed by atoms with van der Waals surface area (Å²) in [6.45, 7) is 1.79. The lowest BCUT2D eigenvalue weighted by atomic mass is 10.2. The molecule has 0 aliphatic heterocycles. The number of aryl methyl sites for hydroxylation is 1. The van der Waals surface area contributed by atoms with Crippen LogP contribution in [0.25, 0.3) is 5.69 Å². The van der Waals surface area contributed by atoms with Gasteiger partial charge in [-0.25, -0.2) is 13.1 Å². The Morgan fingerprint density at radius 1 is 1.17 bits per heavy atom. The highest BCUT2D eigenvalue weighted by Crippen LogP contribution is 2.23. The summed E-state index contributed by atoms with van der Waals surface area (Å²) >= 11 is 0. The average molecular weight is 345 g/mol. The molecule has 0 saturated carbocycles. The van der Waals surface area contributed by atoms with Gasteiger partial charge >= 0.3 is 0 Å². The maximum absolute atomic E-state index is 12.6. The van der Waals surface area contributed by atoms with Gasteiger partial charge < -0.3 is 4.74 Å². The van der Waals surface area contributed by atoms with E-state index >= 15 is 0 Å². The van der Waals surface area contributed by atoms with Crippen LogP contribution in [0, 0.1) is 6.92 Å². The van der Waals surface area contributed by atoms with Gasteiger partial charge in [-0.05, 0) is 59.3 Å². The fourth-order valence-corrected chi connectivity index (χ4v) is 3.36. The number of rotatable bonds is 5. The molecule has 0 spiro atoms. The van der Waals surface area contributed by atoms with Crippen LogP contribution < -0.4 is 9.46 Å². The van der Waals surface area contributed by atoms with Crippen LogP contribution in [0.15, 0.2) is 53.7 Å². The van der Waals surface area contributed by atoms with Gasteiger partial charge in [-0.15, -0.1) is 5.10 Å². The number of aromatic nitrogens is 4. The zero-order valence-corrected chi connectivity index (χ0v) is 13.9. The highest BCUT2D eigenvalue weighted by atomic mass is 32.2. The van der Waals surface area contributed by atoms with Crippen molar-refractivity contribution in [3.63, 3.8) is 0 Å². The molecule has 9 heteroatoms. The topological polar surface area (TPSA) is 99.0 Å². The van der Waals surface area contributed by atoms with E-state index in [4.69, 9.17) is 4.74 Å². The standard InChI is InChI=1S/C15H15N5O3S/c1-11-8-14(6-7-15(11)23-2)24(21,22)17-12-4-3-5-13(9-12)20-10-16-18-19-20/h3-10,17H,1-2H3. The van der Waals surface area contributed by atoms with Gasteiger partial charge in [0, 0.05) is 0 Å². The molecule has 24 heavy (non-hydrogen) atoms. The van der Waals surface area contributed by atoms with E-state index in [1.807, 2.05) is 0 Å². The lowest BCUT2D eigenvalue weighted by Gasteiger charge is -2.11. The number of tetrazole rings is 1. The Morgan fingerprint density at radius 2 is 2.00 bits per heavy atom. The molecule has 1 N–H and O–H groups in total. The summed E-state index contributed by atoms with van der Waals surface area (Å²) in [5.41, 5.74) is 1.80. The van der Waals surface area contributed by atoms with E-state index in [0.29, 0.717) is 17.1 Å². The molecule has 0 saturated heterocycles. The predicted octanol–water partition coefficient (Wildman–Crippen LogP) is 1.78. The maximum atomic E-state index is 12.6. The molecular formula is C15H15N5O3S. The van der Waals surface area contributed by atoms with Crippen LogP contribution in [0.1, 0.15) is 5.56 Å². The quantitative estimate of drug-likeness (QED) is 0.757. The number of nitrogens with one attached hydrogen (secondary N) is 1. The molecule has 124 valence electrons. The second-order valence-corrected chi connectivity index (χ2v) is 6.72. The molecule has 8 nitrogen and oxygen atoms in total. The van der Waals surface area contributed by atoms with Gasteiger partial charge in [0.05, 0.1) is 23.4 Å². The number of anilines is 1. The summed E-state index contributed by atoms with van der Waals surface area (Å²) in [6, 6.07) is 11.5. The van der Waals surface area contributed by atoms with Crippen molar-refractivity contribution < 1.29 is 13.2 Å². The number of benzene rings is 2. The first-order chi connectivity index (χ1) is 11.5. The zero-order valence-electron chi connectivity index (χ0n) is 13.0. The molecule has 0 amide bonds. The molecule has 0 atom stereocenters. The van der Waals surface area contributed by atoms with Gasteiger partial charge in [0.1, 0.15) is 12.1 Å². The molecule has 1 aromatic heterocycles. The molecule has 0 bridgehead atoms. The van der Waals surface area contributed by atoms with Crippen molar-refractivity contribution >= 4 is 15.7 Å². The first-order valence-corrected chi connectivity index (χ1v) is 8.49. The van der Waals surface area contributed by atoms with Crippen molar-refractivity contribution in [1.29, 1.82) is 0 Å². The van der Waals surface area contributed by atoms with Gasteiger partial charge in [0.25, 0.3) is 10.0 Å². The van der Waals surface area contributed by atoms with E-state index < -0.39 is 10.0 Å². The fraction of sp³-hybridized carbons (Fsp3) is 0.133. The van der Waals surface area contributed by atoms with Gasteiger partial charge in [-0.1, -0.05) is 6.07 Å². The molecule has 3 aromatic rings. The summed E-state index contributed by atoms with van der Waals surface area (Å²) in [6.07, 6.45) is 1.43. The molecule has 0 aliphatic rings. The Kier molecular flexibility index (Phi) is 4.17. The van der Waals surface area contributed by atoms with E-state index in [1.54, 1.807) is 50.4 Å². The minimum absolute atomic E-state index is 0.161. The van der Waals surface area contributed by atoms with Crippen molar-refractivity contribution in [2.45, 2.75) is 11.8 Å². The highest BCUT2D eigenvalue weighted by molar-refractivity contribution is 7.92. The molecule has 0 radical (unpaired) electrons. The van der Waals surface area contributed by atoms with Crippen LogP contribution in [-0.4, -0.2) is 35.7 Å². The van der Waals surface area contributed by atoms with Crippen molar-refractivity contribution in [3.8, 4) is 11.4 Å². The summed E-state index contributed by atoms with van der Waals surface area (Å²) < 4.78 is 34.2. The SMILES string of the molecule is COc1ccc(S(=O)(=O)Nc2cccc(-n3cnnn3)c2)cc1C. The van der Waals surface area contributed by atoms with Crippen LogP contribution in [0.5, 0.6) is 5.75 Å². The largest absolute Gasteiger partial charge is 0.496 e. The highest BCUT2D eigenvalue weighted by Gasteiger charge is 2.16. The number of hydrogen-bond donors (Lipinski definition) is 1. The Balaban J connectivity index is 1.90. The third-order valence-corrected chi connectivity index (χ3v) is 4.77. The van der Waals surface area contributed by atoms with Crippen LogP contribution in [0.4, 0.5) is 5.69 Å². The molecule has 0 unspecified atom stereocenters. The van der Waals surface area contributed by atoms with Crippen molar-refractivity contribution in [2.75, 3.05) is 11.8 Å². The summed E-state index contributed by atoms with van der Waals surface area (Å²) in [5, 5.41) is 10.9. The Hall–Kier alpha value is -2.94. The molecule has 3 rings (SSSR count). The molecular weight excluding hydrogens is 330 g/mol. The normalized spacial score (nSPS) is 11.2. The minimum Gasteiger partial charge on any atom is -0.496 e. The second kappa shape index (κ2) is 6.28. The van der Waals surface area contributed by atoms with Gasteiger partial charge in [-0.3, -0.25) is 4.72 Å².